The maximum atomic E-state index is 12.4. The largest absolute Gasteiger partial charge is 0.396 e. The van der Waals surface area contributed by atoms with Gasteiger partial charge < -0.3 is 10.4 Å². The van der Waals surface area contributed by atoms with Crippen LogP contribution >= 0.6 is 0 Å². The molecule has 134 valence electrons. The molecule has 0 radical (unpaired) electrons. The fourth-order valence-electron chi connectivity index (χ4n) is 3.53. The van der Waals surface area contributed by atoms with Crippen molar-refractivity contribution in [2.24, 2.45) is 5.92 Å². The predicted octanol–water partition coefficient (Wildman–Crippen LogP) is 2.26. The first-order chi connectivity index (χ1) is 12.3. The number of hydrogen-bond donors (Lipinski definition) is 2. The molecule has 0 aliphatic heterocycles. The van der Waals surface area contributed by atoms with Gasteiger partial charge >= 0.3 is 0 Å². The van der Waals surface area contributed by atoms with Crippen LogP contribution in [0.1, 0.15) is 44.3 Å². The van der Waals surface area contributed by atoms with Crippen LogP contribution in [-0.4, -0.2) is 38.4 Å². The molecule has 1 aliphatic carbocycles. The molecule has 0 bridgehead atoms. The predicted molar refractivity (Wildman–Crippen MR) is 95.3 cm³/mol. The molecule has 1 aromatic heterocycles. The van der Waals surface area contributed by atoms with E-state index in [1.807, 2.05) is 34.9 Å². The Balaban J connectivity index is 1.57. The minimum Gasteiger partial charge on any atom is -0.396 e. The number of rotatable bonds is 6. The fourth-order valence-corrected chi connectivity index (χ4v) is 3.53. The number of para-hydroxylation sites is 1. The van der Waals surface area contributed by atoms with E-state index in [9.17, 15) is 9.90 Å². The molecule has 3 rings (SSSR count). The normalized spacial score (nSPS) is 20.8. The first kappa shape index (κ1) is 17.6. The summed E-state index contributed by atoms with van der Waals surface area (Å²) < 4.78 is 1.91. The Labute approximate surface area is 148 Å². The number of aromatic nitrogens is 3. The lowest BCUT2D eigenvalue weighted by Gasteiger charge is -2.24. The van der Waals surface area contributed by atoms with E-state index in [2.05, 4.69) is 15.5 Å². The maximum absolute atomic E-state index is 12.4. The SMILES string of the molecule is O=C(CCc1nncn1-c1ccccc1)NC1CCCCCC1CO. The van der Waals surface area contributed by atoms with E-state index >= 15 is 0 Å². The van der Waals surface area contributed by atoms with Gasteiger partial charge in [0.15, 0.2) is 0 Å². The minimum atomic E-state index is 0.0213. The molecule has 1 amide bonds. The summed E-state index contributed by atoms with van der Waals surface area (Å²) in [5, 5.41) is 20.8. The van der Waals surface area contributed by atoms with Crippen LogP contribution in [0.25, 0.3) is 5.69 Å². The monoisotopic (exact) mass is 342 g/mol. The molecule has 2 aromatic rings. The molecule has 1 aliphatic rings. The zero-order valence-electron chi connectivity index (χ0n) is 14.5. The van der Waals surface area contributed by atoms with Crippen molar-refractivity contribution in [3.05, 3.63) is 42.5 Å². The number of carbonyl (C=O) groups is 1. The van der Waals surface area contributed by atoms with E-state index in [0.29, 0.717) is 12.8 Å². The number of nitrogens with zero attached hydrogens (tertiary/aromatic N) is 3. The third kappa shape index (κ3) is 4.66. The van der Waals surface area contributed by atoms with Gasteiger partial charge in [-0.1, -0.05) is 37.5 Å². The molecule has 2 N–H and O–H groups in total. The Bertz CT molecular complexity index is 671. The molecule has 1 saturated carbocycles. The second-order valence-electron chi connectivity index (χ2n) is 6.71. The van der Waals surface area contributed by atoms with Crippen LogP contribution in [0.15, 0.2) is 36.7 Å². The van der Waals surface area contributed by atoms with Gasteiger partial charge in [-0.2, -0.15) is 0 Å². The number of benzene rings is 1. The topological polar surface area (TPSA) is 80.0 Å². The lowest BCUT2D eigenvalue weighted by Crippen LogP contribution is -2.41. The summed E-state index contributed by atoms with van der Waals surface area (Å²) in [6, 6.07) is 9.96. The molecule has 2 unspecified atom stereocenters. The highest BCUT2D eigenvalue weighted by Crippen LogP contribution is 2.23. The number of hydrogen-bond acceptors (Lipinski definition) is 4. The van der Waals surface area contributed by atoms with E-state index in [1.165, 1.54) is 6.42 Å². The van der Waals surface area contributed by atoms with Crippen molar-refractivity contribution in [1.29, 1.82) is 0 Å². The van der Waals surface area contributed by atoms with Gasteiger partial charge in [0.05, 0.1) is 0 Å². The standard InChI is InChI=1S/C19H26N4O2/c24-13-15-7-3-1-6-10-17(15)21-19(25)12-11-18-22-20-14-23(18)16-8-4-2-5-9-16/h2,4-5,8-9,14-15,17,24H,1,3,6-7,10-13H2,(H,21,25). The number of aliphatic hydroxyl groups excluding tert-OH is 1. The Morgan fingerprint density at radius 2 is 2.00 bits per heavy atom. The van der Waals surface area contributed by atoms with Crippen LogP contribution in [0.3, 0.4) is 0 Å². The highest BCUT2D eigenvalue weighted by Gasteiger charge is 2.24. The molecule has 0 spiro atoms. The van der Waals surface area contributed by atoms with Crippen LogP contribution in [0.4, 0.5) is 0 Å². The summed E-state index contributed by atoms with van der Waals surface area (Å²) in [6.45, 7) is 0.146. The number of nitrogens with one attached hydrogen (secondary N) is 1. The van der Waals surface area contributed by atoms with Crippen molar-refractivity contribution in [1.82, 2.24) is 20.1 Å². The second-order valence-corrected chi connectivity index (χ2v) is 6.71. The summed E-state index contributed by atoms with van der Waals surface area (Å²) in [4.78, 5) is 12.4. The summed E-state index contributed by atoms with van der Waals surface area (Å²) >= 11 is 0. The molecule has 1 fully saturated rings. The highest BCUT2D eigenvalue weighted by molar-refractivity contribution is 5.76. The Hall–Kier alpha value is -2.21. The van der Waals surface area contributed by atoms with Crippen LogP contribution in [0.5, 0.6) is 0 Å². The van der Waals surface area contributed by atoms with Crippen LogP contribution in [0, 0.1) is 5.92 Å². The quantitative estimate of drug-likeness (QED) is 0.789. The van der Waals surface area contributed by atoms with Crippen LogP contribution in [0.2, 0.25) is 0 Å². The second kappa shape index (κ2) is 8.76. The minimum absolute atomic E-state index is 0.0213. The van der Waals surface area contributed by atoms with E-state index in [0.717, 1.165) is 37.2 Å². The molecule has 1 aromatic carbocycles. The summed E-state index contributed by atoms with van der Waals surface area (Å²) in [6.07, 6.45) is 7.97. The molecular weight excluding hydrogens is 316 g/mol. The molecular formula is C19H26N4O2. The summed E-state index contributed by atoms with van der Waals surface area (Å²) in [7, 11) is 0. The van der Waals surface area contributed by atoms with Crippen molar-refractivity contribution in [2.75, 3.05) is 6.61 Å². The molecule has 6 heteroatoms. The van der Waals surface area contributed by atoms with E-state index in [1.54, 1.807) is 6.33 Å². The third-order valence-electron chi connectivity index (χ3n) is 4.97. The van der Waals surface area contributed by atoms with E-state index < -0.39 is 0 Å². The van der Waals surface area contributed by atoms with Crippen molar-refractivity contribution < 1.29 is 9.90 Å². The zero-order chi connectivity index (χ0) is 17.5. The number of aliphatic hydroxyl groups is 1. The van der Waals surface area contributed by atoms with Crippen molar-refractivity contribution >= 4 is 5.91 Å². The fraction of sp³-hybridized carbons (Fsp3) is 0.526. The van der Waals surface area contributed by atoms with Gasteiger partial charge in [-0.3, -0.25) is 9.36 Å². The van der Waals surface area contributed by atoms with Gasteiger partial charge in [-0.05, 0) is 25.0 Å². The van der Waals surface area contributed by atoms with Gasteiger partial charge in [-0.15, -0.1) is 10.2 Å². The zero-order valence-corrected chi connectivity index (χ0v) is 14.5. The lowest BCUT2D eigenvalue weighted by molar-refractivity contribution is -0.122. The average molecular weight is 342 g/mol. The van der Waals surface area contributed by atoms with Crippen molar-refractivity contribution in [3.8, 4) is 5.69 Å². The van der Waals surface area contributed by atoms with Crippen LogP contribution in [-0.2, 0) is 11.2 Å². The number of aryl methyl sites for hydroxylation is 1. The van der Waals surface area contributed by atoms with Crippen molar-refractivity contribution in [2.45, 2.75) is 51.0 Å². The highest BCUT2D eigenvalue weighted by atomic mass is 16.3. The summed E-state index contributed by atoms with van der Waals surface area (Å²) in [5.41, 5.74) is 0.993. The Kier molecular flexibility index (Phi) is 6.17. The molecule has 1 heterocycles. The van der Waals surface area contributed by atoms with Gasteiger partial charge in [0, 0.05) is 37.1 Å². The third-order valence-corrected chi connectivity index (χ3v) is 4.97. The van der Waals surface area contributed by atoms with Gasteiger partial charge in [0.1, 0.15) is 12.2 Å². The number of carbonyl (C=O) groups excluding carboxylic acids is 1. The van der Waals surface area contributed by atoms with E-state index in [-0.39, 0.29) is 24.5 Å². The summed E-state index contributed by atoms with van der Waals surface area (Å²) in [5.74, 6) is 0.980. The Morgan fingerprint density at radius 3 is 2.80 bits per heavy atom. The van der Waals surface area contributed by atoms with Gasteiger partial charge in [0.25, 0.3) is 0 Å². The first-order valence-corrected chi connectivity index (χ1v) is 9.12. The molecule has 6 nitrogen and oxygen atoms in total. The lowest BCUT2D eigenvalue weighted by atomic mass is 9.95. The molecule has 25 heavy (non-hydrogen) atoms. The Morgan fingerprint density at radius 1 is 1.20 bits per heavy atom. The smallest absolute Gasteiger partial charge is 0.220 e. The number of amides is 1. The maximum Gasteiger partial charge on any atom is 0.220 e. The molecule has 0 saturated heterocycles. The molecule has 2 atom stereocenters. The van der Waals surface area contributed by atoms with E-state index in [4.69, 9.17) is 0 Å². The van der Waals surface area contributed by atoms with Gasteiger partial charge in [0.2, 0.25) is 5.91 Å². The first-order valence-electron chi connectivity index (χ1n) is 9.12. The van der Waals surface area contributed by atoms with Gasteiger partial charge in [-0.25, -0.2) is 0 Å². The van der Waals surface area contributed by atoms with Crippen molar-refractivity contribution in [3.63, 3.8) is 0 Å². The average Bonchev–Trinajstić information content (AvgIpc) is 3.00. The van der Waals surface area contributed by atoms with Crippen LogP contribution < -0.4 is 5.32 Å².